The predicted molar refractivity (Wildman–Crippen MR) is 145 cm³/mol. The molecule has 4 aliphatic carbocycles. The molecule has 0 heterocycles. The maximum Gasteiger partial charge on any atom is 0.0358 e. The molecule has 0 aliphatic heterocycles. The van der Waals surface area contributed by atoms with E-state index in [1.54, 1.807) is 0 Å². The van der Waals surface area contributed by atoms with E-state index in [-0.39, 0.29) is 0 Å². The average molecular weight is 443 g/mol. The van der Waals surface area contributed by atoms with Crippen molar-refractivity contribution in [1.29, 1.82) is 0 Å². The van der Waals surface area contributed by atoms with Crippen molar-refractivity contribution in [2.45, 2.75) is 18.8 Å². The first-order chi connectivity index (χ1) is 17.3. The lowest BCUT2D eigenvalue weighted by Crippen LogP contribution is -2.11. The van der Waals surface area contributed by atoms with Gasteiger partial charge in [-0.25, -0.2) is 0 Å². The Morgan fingerprint density at radius 1 is 0.429 bits per heavy atom. The molecule has 5 aromatic carbocycles. The van der Waals surface area contributed by atoms with Crippen LogP contribution in [0.15, 0.2) is 97.1 Å². The van der Waals surface area contributed by atoms with Gasteiger partial charge in [0.15, 0.2) is 0 Å². The zero-order valence-corrected chi connectivity index (χ0v) is 19.3. The molecule has 0 heteroatoms. The van der Waals surface area contributed by atoms with Gasteiger partial charge in [-0.15, -0.1) is 0 Å². The van der Waals surface area contributed by atoms with Crippen LogP contribution in [0.2, 0.25) is 0 Å². The predicted octanol–water partition coefficient (Wildman–Crippen LogP) is 8.50. The van der Waals surface area contributed by atoms with Crippen molar-refractivity contribution in [2.75, 3.05) is 0 Å². The van der Waals surface area contributed by atoms with Crippen molar-refractivity contribution < 1.29 is 0 Å². The summed E-state index contributed by atoms with van der Waals surface area (Å²) in [7, 11) is 0. The van der Waals surface area contributed by atoms with Gasteiger partial charge in [0.05, 0.1) is 0 Å². The quantitative estimate of drug-likeness (QED) is 0.221. The van der Waals surface area contributed by atoms with Crippen LogP contribution in [0.1, 0.15) is 50.4 Å². The molecule has 1 unspecified atom stereocenters. The Morgan fingerprint density at radius 2 is 1.06 bits per heavy atom. The number of hydrogen-bond donors (Lipinski definition) is 0. The summed E-state index contributed by atoms with van der Waals surface area (Å²) in [6.45, 7) is 0. The van der Waals surface area contributed by atoms with Crippen LogP contribution in [-0.4, -0.2) is 0 Å². The fraction of sp³-hybridized carbons (Fsp3) is 0.0857. The van der Waals surface area contributed by atoms with Crippen molar-refractivity contribution in [3.63, 3.8) is 0 Å². The molecule has 0 fully saturated rings. The van der Waals surface area contributed by atoms with E-state index in [1.807, 2.05) is 0 Å². The highest BCUT2D eigenvalue weighted by atomic mass is 14.4. The molecule has 162 valence electrons. The fourth-order valence-corrected chi connectivity index (χ4v) is 7.21. The van der Waals surface area contributed by atoms with E-state index in [0.29, 0.717) is 5.92 Å². The van der Waals surface area contributed by atoms with Crippen LogP contribution in [0, 0.1) is 0 Å². The molecule has 0 saturated heterocycles. The Balaban J connectivity index is 1.36. The molecular weight excluding hydrogens is 420 g/mol. The summed E-state index contributed by atoms with van der Waals surface area (Å²) in [5.41, 5.74) is 21.5. The lowest BCUT2D eigenvalue weighted by Gasteiger charge is -2.30. The first-order valence-electron chi connectivity index (χ1n) is 12.6. The number of allylic oxidation sites excluding steroid dienone is 1. The van der Waals surface area contributed by atoms with Gasteiger partial charge >= 0.3 is 0 Å². The molecule has 4 aliphatic rings. The standard InChI is InChI=1S/C35H22/c1-4-10-25-20(7-1)13-23-16-30-31-17-24-14-21-8-2-5-11-26(21)29(24)19-34(31)35-27-12-6-3-9-22(27)15-33(35)32(30)18-28(23)25/h1-12,15-19,35H,13-14H2. The van der Waals surface area contributed by atoms with Crippen molar-refractivity contribution >= 4 is 11.6 Å². The minimum atomic E-state index is 0.307. The minimum absolute atomic E-state index is 0.307. The van der Waals surface area contributed by atoms with E-state index in [1.165, 1.54) is 83.5 Å². The molecule has 9 rings (SSSR count). The van der Waals surface area contributed by atoms with Crippen LogP contribution >= 0.6 is 0 Å². The van der Waals surface area contributed by atoms with Gasteiger partial charge in [-0.3, -0.25) is 0 Å². The Morgan fingerprint density at radius 3 is 1.83 bits per heavy atom. The monoisotopic (exact) mass is 442 g/mol. The molecule has 5 aromatic rings. The van der Waals surface area contributed by atoms with E-state index >= 15 is 0 Å². The molecule has 1 atom stereocenters. The van der Waals surface area contributed by atoms with Crippen molar-refractivity contribution in [1.82, 2.24) is 0 Å². The van der Waals surface area contributed by atoms with Gasteiger partial charge in [0.1, 0.15) is 0 Å². The third-order valence-electron chi connectivity index (χ3n) is 8.74. The summed E-state index contributed by atoms with van der Waals surface area (Å²) in [6, 6.07) is 37.0. The summed E-state index contributed by atoms with van der Waals surface area (Å²) < 4.78 is 0. The lowest BCUT2D eigenvalue weighted by molar-refractivity contribution is 1.05. The van der Waals surface area contributed by atoms with Gasteiger partial charge in [0, 0.05) is 5.92 Å². The van der Waals surface area contributed by atoms with Gasteiger partial charge < -0.3 is 0 Å². The third kappa shape index (κ3) is 2.27. The summed E-state index contributed by atoms with van der Waals surface area (Å²) in [4.78, 5) is 0. The Bertz CT molecular complexity index is 1800. The number of fused-ring (bicyclic) bond motifs is 14. The first kappa shape index (κ1) is 18.2. The SMILES string of the molecule is C1=C2c3cc4c(cc3-c3cc5c(cc3C2c2ccccc21)-c1ccccc1C5)Cc1ccccc1-4. The van der Waals surface area contributed by atoms with E-state index in [0.717, 1.165) is 12.8 Å². The van der Waals surface area contributed by atoms with E-state index in [4.69, 9.17) is 0 Å². The maximum absolute atomic E-state index is 2.53. The van der Waals surface area contributed by atoms with Crippen LogP contribution in [0.25, 0.3) is 45.0 Å². The highest BCUT2D eigenvalue weighted by molar-refractivity contribution is 6.05. The normalized spacial score (nSPS) is 16.8. The second kappa shape index (κ2) is 6.29. The number of hydrogen-bond acceptors (Lipinski definition) is 0. The highest BCUT2D eigenvalue weighted by Gasteiger charge is 2.37. The van der Waals surface area contributed by atoms with E-state index < -0.39 is 0 Å². The third-order valence-corrected chi connectivity index (χ3v) is 8.74. The Hall–Kier alpha value is -4.16. The van der Waals surface area contributed by atoms with Crippen LogP contribution in [0.3, 0.4) is 0 Å². The molecule has 0 spiro atoms. The van der Waals surface area contributed by atoms with Gasteiger partial charge in [-0.1, -0.05) is 72.8 Å². The minimum Gasteiger partial charge on any atom is -0.0619 e. The van der Waals surface area contributed by atoms with Gasteiger partial charge in [-0.2, -0.15) is 0 Å². The molecule has 35 heavy (non-hydrogen) atoms. The second-order valence-electron chi connectivity index (χ2n) is 10.5. The van der Waals surface area contributed by atoms with Gasteiger partial charge in [0.2, 0.25) is 0 Å². The average Bonchev–Trinajstić information content (AvgIpc) is 3.57. The molecule has 0 amide bonds. The van der Waals surface area contributed by atoms with Gasteiger partial charge in [0.25, 0.3) is 0 Å². The van der Waals surface area contributed by atoms with Crippen LogP contribution in [0.5, 0.6) is 0 Å². The van der Waals surface area contributed by atoms with Gasteiger partial charge in [-0.05, 0) is 127 Å². The van der Waals surface area contributed by atoms with Crippen LogP contribution < -0.4 is 0 Å². The Labute approximate surface area is 205 Å². The summed E-state index contributed by atoms with van der Waals surface area (Å²) in [5, 5.41) is 0. The molecule has 0 radical (unpaired) electrons. The zero-order valence-electron chi connectivity index (χ0n) is 19.3. The summed E-state index contributed by atoms with van der Waals surface area (Å²) in [6.07, 6.45) is 4.53. The largest absolute Gasteiger partial charge is 0.0619 e. The van der Waals surface area contributed by atoms with Crippen molar-refractivity contribution in [3.8, 4) is 33.4 Å². The summed E-state index contributed by atoms with van der Waals surface area (Å²) in [5.74, 6) is 0.307. The number of rotatable bonds is 0. The first-order valence-corrected chi connectivity index (χ1v) is 12.6. The summed E-state index contributed by atoms with van der Waals surface area (Å²) >= 11 is 0. The molecule has 0 aromatic heterocycles. The van der Waals surface area contributed by atoms with E-state index in [9.17, 15) is 0 Å². The smallest absolute Gasteiger partial charge is 0.0358 e. The molecular formula is C35H22. The lowest BCUT2D eigenvalue weighted by atomic mass is 9.72. The Kier molecular flexibility index (Phi) is 3.27. The van der Waals surface area contributed by atoms with Crippen LogP contribution in [0.4, 0.5) is 0 Å². The van der Waals surface area contributed by atoms with E-state index in [2.05, 4.69) is 103 Å². The molecule has 0 saturated carbocycles. The van der Waals surface area contributed by atoms with Crippen molar-refractivity contribution in [2.24, 2.45) is 0 Å². The highest BCUT2D eigenvalue weighted by Crippen LogP contribution is 2.57. The second-order valence-corrected chi connectivity index (χ2v) is 10.5. The van der Waals surface area contributed by atoms with Crippen LogP contribution in [-0.2, 0) is 12.8 Å². The number of benzene rings is 5. The zero-order chi connectivity index (χ0) is 22.7. The van der Waals surface area contributed by atoms with Crippen molar-refractivity contribution in [3.05, 3.63) is 142 Å². The fourth-order valence-electron chi connectivity index (χ4n) is 7.21. The molecule has 0 nitrogen and oxygen atoms in total. The maximum atomic E-state index is 2.53. The topological polar surface area (TPSA) is 0 Å². The molecule has 0 N–H and O–H groups in total. The molecule has 0 bridgehead atoms.